The number of halogens is 2. The van der Waals surface area contributed by atoms with E-state index in [1.165, 1.54) is 13.0 Å². The van der Waals surface area contributed by atoms with Crippen LogP contribution in [0.4, 0.5) is 5.69 Å². The number of nitrogens with zero attached hydrogens (tertiary/aromatic N) is 1. The van der Waals surface area contributed by atoms with Crippen molar-refractivity contribution < 1.29 is 14.8 Å². The third kappa shape index (κ3) is 3.23. The normalized spacial score (nSPS) is 12.2. The molecule has 0 bridgehead atoms. The summed E-state index contributed by atoms with van der Waals surface area (Å²) in [7, 11) is 0. The van der Waals surface area contributed by atoms with E-state index < -0.39 is 11.0 Å². The van der Waals surface area contributed by atoms with E-state index in [1.807, 2.05) is 0 Å². The fourth-order valence-corrected chi connectivity index (χ4v) is 1.30. The number of aliphatic hydroxyl groups excluding tert-OH is 1. The lowest BCUT2D eigenvalue weighted by atomic mass is 10.3. The van der Waals surface area contributed by atoms with E-state index >= 15 is 0 Å². The van der Waals surface area contributed by atoms with Crippen molar-refractivity contribution in [3.63, 3.8) is 0 Å². The molecule has 0 aromatic heterocycles. The zero-order valence-corrected chi connectivity index (χ0v) is 9.83. The molecule has 16 heavy (non-hydrogen) atoms. The molecule has 1 aromatic rings. The minimum atomic E-state index is -0.728. The Hall–Kier alpha value is -1.04. The maximum atomic E-state index is 10.7. The summed E-state index contributed by atoms with van der Waals surface area (Å²) >= 11 is 11.4. The molecule has 0 amide bonds. The Morgan fingerprint density at radius 1 is 1.50 bits per heavy atom. The number of ether oxygens (including phenoxy) is 1. The van der Waals surface area contributed by atoms with Gasteiger partial charge in [-0.1, -0.05) is 23.2 Å². The Morgan fingerprint density at radius 2 is 2.06 bits per heavy atom. The van der Waals surface area contributed by atoms with E-state index in [9.17, 15) is 10.1 Å². The van der Waals surface area contributed by atoms with Gasteiger partial charge in [-0.15, -0.1) is 0 Å². The van der Waals surface area contributed by atoms with Crippen LogP contribution in [0.1, 0.15) is 6.92 Å². The molecule has 0 saturated carbocycles. The molecule has 5 nitrogen and oxygen atoms in total. The Balaban J connectivity index is 3.05. The van der Waals surface area contributed by atoms with Gasteiger partial charge in [0.1, 0.15) is 6.61 Å². The van der Waals surface area contributed by atoms with Gasteiger partial charge in [0.25, 0.3) is 0 Å². The molecule has 0 spiro atoms. The highest BCUT2D eigenvalue weighted by molar-refractivity contribution is 6.42. The predicted octanol–water partition coefficient (Wildman–Crippen LogP) is 2.66. The zero-order chi connectivity index (χ0) is 12.3. The lowest BCUT2D eigenvalue weighted by molar-refractivity contribution is -0.385. The maximum Gasteiger partial charge on any atom is 0.312 e. The quantitative estimate of drug-likeness (QED) is 0.671. The summed E-state index contributed by atoms with van der Waals surface area (Å²) in [6, 6.07) is 2.37. The second-order valence-electron chi connectivity index (χ2n) is 3.15. The minimum Gasteiger partial charge on any atom is -0.484 e. The van der Waals surface area contributed by atoms with Crippen molar-refractivity contribution in [1.82, 2.24) is 0 Å². The average Bonchev–Trinajstić information content (AvgIpc) is 2.18. The fraction of sp³-hybridized carbons (Fsp3) is 0.333. The van der Waals surface area contributed by atoms with Crippen LogP contribution in [0.15, 0.2) is 12.1 Å². The van der Waals surface area contributed by atoms with Crippen LogP contribution in [0.25, 0.3) is 0 Å². The summed E-state index contributed by atoms with van der Waals surface area (Å²) in [6.45, 7) is 1.45. The van der Waals surface area contributed by atoms with Crippen molar-refractivity contribution >= 4 is 28.9 Å². The zero-order valence-electron chi connectivity index (χ0n) is 8.31. The monoisotopic (exact) mass is 265 g/mol. The lowest BCUT2D eigenvalue weighted by Crippen LogP contribution is -2.13. The first-order chi connectivity index (χ1) is 7.41. The Bertz CT molecular complexity index is 409. The number of rotatable bonds is 4. The maximum absolute atomic E-state index is 10.7. The first-order valence-electron chi connectivity index (χ1n) is 4.36. The van der Waals surface area contributed by atoms with E-state index in [0.29, 0.717) is 0 Å². The largest absolute Gasteiger partial charge is 0.484 e. The standard InChI is InChI=1S/C9H9Cl2NO4/c1-5(13)4-16-9-3-7(11)6(10)2-8(9)12(14)15/h2-3,5,13H,4H2,1H3. The molecule has 0 aliphatic rings. The predicted molar refractivity (Wildman–Crippen MR) is 60.3 cm³/mol. The van der Waals surface area contributed by atoms with Crippen molar-refractivity contribution in [3.05, 3.63) is 32.3 Å². The van der Waals surface area contributed by atoms with Crippen LogP contribution in [0, 0.1) is 10.1 Å². The van der Waals surface area contributed by atoms with Crippen LogP contribution in [-0.2, 0) is 0 Å². The van der Waals surface area contributed by atoms with Crippen LogP contribution < -0.4 is 4.74 Å². The van der Waals surface area contributed by atoms with Gasteiger partial charge >= 0.3 is 5.69 Å². The van der Waals surface area contributed by atoms with E-state index in [1.54, 1.807) is 0 Å². The van der Waals surface area contributed by atoms with E-state index in [2.05, 4.69) is 0 Å². The molecule has 0 saturated heterocycles. The molecule has 0 heterocycles. The van der Waals surface area contributed by atoms with Gasteiger partial charge in [-0.05, 0) is 6.92 Å². The van der Waals surface area contributed by atoms with Crippen LogP contribution >= 0.6 is 23.2 Å². The van der Waals surface area contributed by atoms with Gasteiger partial charge in [0.15, 0.2) is 5.75 Å². The first-order valence-corrected chi connectivity index (χ1v) is 5.11. The molecule has 0 aliphatic carbocycles. The molecule has 88 valence electrons. The van der Waals surface area contributed by atoms with E-state index in [-0.39, 0.29) is 28.1 Å². The number of aliphatic hydroxyl groups is 1. The first kappa shape index (κ1) is 13.0. The summed E-state index contributed by atoms with van der Waals surface area (Å²) in [6.07, 6.45) is -0.728. The summed E-state index contributed by atoms with van der Waals surface area (Å²) in [5.41, 5.74) is -0.282. The average molecular weight is 266 g/mol. The summed E-state index contributed by atoms with van der Waals surface area (Å²) in [5.74, 6) is -0.0136. The molecule has 1 unspecified atom stereocenters. The van der Waals surface area contributed by atoms with Crippen molar-refractivity contribution in [2.45, 2.75) is 13.0 Å². The molecule has 0 aliphatic heterocycles. The highest BCUT2D eigenvalue weighted by atomic mass is 35.5. The SMILES string of the molecule is CC(O)COc1cc(Cl)c(Cl)cc1[N+](=O)[O-]. The Labute approximate surface area is 102 Å². The van der Waals surface area contributed by atoms with Crippen LogP contribution in [0.5, 0.6) is 5.75 Å². The summed E-state index contributed by atoms with van der Waals surface area (Å²) in [5, 5.41) is 19.9. The van der Waals surface area contributed by atoms with E-state index in [4.69, 9.17) is 33.0 Å². The van der Waals surface area contributed by atoms with Gasteiger partial charge in [0.2, 0.25) is 0 Å². The summed E-state index contributed by atoms with van der Waals surface area (Å²) < 4.78 is 5.06. The molecule has 7 heteroatoms. The number of benzene rings is 1. The van der Waals surface area contributed by atoms with Gasteiger partial charge in [-0.2, -0.15) is 0 Å². The lowest BCUT2D eigenvalue weighted by Gasteiger charge is -2.09. The number of nitro benzene ring substituents is 1. The Morgan fingerprint density at radius 3 is 2.56 bits per heavy atom. The Kier molecular flexibility index (Phi) is 4.35. The molecule has 1 N–H and O–H groups in total. The fourth-order valence-electron chi connectivity index (χ4n) is 0.987. The van der Waals surface area contributed by atoms with Gasteiger partial charge in [0, 0.05) is 12.1 Å². The summed E-state index contributed by atoms with van der Waals surface area (Å²) in [4.78, 5) is 10.1. The van der Waals surface area contributed by atoms with Gasteiger partial charge in [-0.3, -0.25) is 10.1 Å². The van der Waals surface area contributed by atoms with Crippen LogP contribution in [0.2, 0.25) is 10.0 Å². The molecule has 1 atom stereocenters. The van der Waals surface area contributed by atoms with Gasteiger partial charge < -0.3 is 9.84 Å². The van der Waals surface area contributed by atoms with Crippen molar-refractivity contribution in [2.75, 3.05) is 6.61 Å². The van der Waals surface area contributed by atoms with Crippen molar-refractivity contribution in [3.8, 4) is 5.75 Å². The molecular formula is C9H9Cl2NO4. The molecular weight excluding hydrogens is 257 g/mol. The third-order valence-corrected chi connectivity index (χ3v) is 2.40. The second-order valence-corrected chi connectivity index (χ2v) is 3.97. The molecule has 1 aromatic carbocycles. The van der Waals surface area contributed by atoms with Crippen molar-refractivity contribution in [2.24, 2.45) is 0 Å². The van der Waals surface area contributed by atoms with Gasteiger partial charge in [0.05, 0.1) is 21.1 Å². The molecule has 0 fully saturated rings. The van der Waals surface area contributed by atoms with Crippen molar-refractivity contribution in [1.29, 1.82) is 0 Å². The minimum absolute atomic E-state index is 0.0136. The van der Waals surface area contributed by atoms with Crippen LogP contribution in [0.3, 0.4) is 0 Å². The van der Waals surface area contributed by atoms with E-state index in [0.717, 1.165) is 6.07 Å². The molecule has 0 radical (unpaired) electrons. The third-order valence-electron chi connectivity index (χ3n) is 1.68. The highest BCUT2D eigenvalue weighted by Crippen LogP contribution is 2.35. The number of hydrogen-bond acceptors (Lipinski definition) is 4. The number of hydrogen-bond donors (Lipinski definition) is 1. The smallest absolute Gasteiger partial charge is 0.312 e. The topological polar surface area (TPSA) is 72.6 Å². The highest BCUT2D eigenvalue weighted by Gasteiger charge is 2.18. The molecule has 1 rings (SSSR count). The van der Waals surface area contributed by atoms with Crippen LogP contribution in [-0.4, -0.2) is 22.7 Å². The number of nitro groups is 1. The van der Waals surface area contributed by atoms with Gasteiger partial charge in [-0.25, -0.2) is 0 Å². The second kappa shape index (κ2) is 5.34.